The van der Waals surface area contributed by atoms with E-state index in [-0.39, 0.29) is 29.1 Å². The van der Waals surface area contributed by atoms with E-state index in [1.54, 1.807) is 18.2 Å². The largest absolute Gasteiger partial charge is 0.506 e. The van der Waals surface area contributed by atoms with Gasteiger partial charge in [0.15, 0.2) is 0 Å². The first-order valence-corrected chi connectivity index (χ1v) is 11.6. The zero-order chi connectivity index (χ0) is 23.4. The van der Waals surface area contributed by atoms with Gasteiger partial charge in [-0.1, -0.05) is 37.6 Å². The van der Waals surface area contributed by atoms with Gasteiger partial charge in [0.2, 0.25) is 5.91 Å². The third-order valence-corrected chi connectivity index (χ3v) is 6.87. The van der Waals surface area contributed by atoms with Crippen molar-refractivity contribution in [2.45, 2.75) is 39.7 Å². The Bertz CT molecular complexity index is 1340. The predicted molar refractivity (Wildman–Crippen MR) is 129 cm³/mol. The average Bonchev–Trinajstić information content (AvgIpc) is 3.24. The summed E-state index contributed by atoms with van der Waals surface area (Å²) in [5, 5.41) is 14.8. The number of nitrogens with zero attached hydrogens (tertiary/aromatic N) is 2. The van der Waals surface area contributed by atoms with Crippen LogP contribution in [0.2, 0.25) is 5.02 Å². The van der Waals surface area contributed by atoms with E-state index in [1.807, 2.05) is 12.1 Å². The van der Waals surface area contributed by atoms with Crippen molar-refractivity contribution in [2.24, 2.45) is 5.92 Å². The molecule has 0 bridgehead atoms. The van der Waals surface area contributed by atoms with Crippen molar-refractivity contribution in [3.05, 3.63) is 70.0 Å². The van der Waals surface area contributed by atoms with Gasteiger partial charge in [-0.15, -0.1) is 0 Å². The van der Waals surface area contributed by atoms with E-state index in [1.165, 1.54) is 11.8 Å². The summed E-state index contributed by atoms with van der Waals surface area (Å²) in [5.41, 5.74) is 5.08. The summed E-state index contributed by atoms with van der Waals surface area (Å²) in [6, 6.07) is 11.2. The van der Waals surface area contributed by atoms with Crippen LogP contribution in [0.25, 0.3) is 10.9 Å². The van der Waals surface area contributed by atoms with Crippen LogP contribution in [0.4, 0.5) is 5.69 Å². The molecule has 1 aromatic heterocycles. The molecule has 0 fully saturated rings. The number of rotatable bonds is 4. The number of phenolic OH excluding ortho intramolecular Hbond substituents is 1. The number of hydrogen-bond donors (Lipinski definition) is 2. The molecule has 0 spiro atoms. The van der Waals surface area contributed by atoms with Crippen LogP contribution in [0.5, 0.6) is 5.75 Å². The minimum absolute atomic E-state index is 0.00970. The molecule has 1 unspecified atom stereocenters. The maximum atomic E-state index is 13.5. The molecule has 3 heterocycles. The molecule has 2 aliphatic heterocycles. The van der Waals surface area contributed by atoms with E-state index >= 15 is 0 Å². The van der Waals surface area contributed by atoms with E-state index in [9.17, 15) is 14.7 Å². The van der Waals surface area contributed by atoms with E-state index in [0.29, 0.717) is 11.5 Å². The van der Waals surface area contributed by atoms with Crippen molar-refractivity contribution in [2.75, 3.05) is 11.9 Å². The molecule has 2 aliphatic rings. The van der Waals surface area contributed by atoms with Crippen molar-refractivity contribution < 1.29 is 14.7 Å². The van der Waals surface area contributed by atoms with Crippen molar-refractivity contribution in [1.82, 2.24) is 9.47 Å². The van der Waals surface area contributed by atoms with E-state index in [0.717, 1.165) is 46.4 Å². The van der Waals surface area contributed by atoms with Crippen LogP contribution in [0.15, 0.2) is 53.9 Å². The molecular weight excluding hydrogens is 438 g/mol. The van der Waals surface area contributed by atoms with Gasteiger partial charge in [0.25, 0.3) is 5.91 Å². The lowest BCUT2D eigenvalue weighted by Crippen LogP contribution is -2.33. The Morgan fingerprint density at radius 3 is 2.76 bits per heavy atom. The van der Waals surface area contributed by atoms with Crippen molar-refractivity contribution in [1.29, 1.82) is 0 Å². The Labute approximate surface area is 197 Å². The summed E-state index contributed by atoms with van der Waals surface area (Å²) in [6.07, 6.45) is 3.16. The van der Waals surface area contributed by atoms with Gasteiger partial charge >= 0.3 is 0 Å². The molecule has 33 heavy (non-hydrogen) atoms. The summed E-state index contributed by atoms with van der Waals surface area (Å²) in [4.78, 5) is 27.0. The predicted octanol–water partition coefficient (Wildman–Crippen LogP) is 5.25. The second kappa shape index (κ2) is 7.96. The Hall–Kier alpha value is -3.25. The number of imide groups is 1. The first-order valence-electron chi connectivity index (χ1n) is 11.2. The smallest absolute Gasteiger partial charge is 0.259 e. The molecule has 0 saturated carbocycles. The molecule has 2 amide bonds. The third-order valence-electron chi connectivity index (χ3n) is 6.57. The van der Waals surface area contributed by atoms with Crippen LogP contribution in [0, 0.1) is 5.92 Å². The summed E-state index contributed by atoms with van der Waals surface area (Å²) in [7, 11) is 0. The molecule has 0 radical (unpaired) electrons. The fourth-order valence-electron chi connectivity index (χ4n) is 4.91. The van der Waals surface area contributed by atoms with Gasteiger partial charge in [-0.05, 0) is 47.7 Å². The molecule has 7 heteroatoms. The number of hydrogen-bond acceptors (Lipinski definition) is 4. The van der Waals surface area contributed by atoms with E-state index < -0.39 is 5.92 Å². The average molecular weight is 464 g/mol. The lowest BCUT2D eigenvalue weighted by molar-refractivity contribution is -0.139. The molecule has 5 rings (SSSR count). The highest BCUT2D eigenvalue weighted by Gasteiger charge is 2.41. The SMILES string of the molecule is CC(=O)N1CC2=C(C1=O)C(c1ccc(O)c(Cl)c1)c1cn(CCC(C)C)c3cccc(c13)N2. The molecule has 0 aliphatic carbocycles. The minimum Gasteiger partial charge on any atom is -0.506 e. The first-order chi connectivity index (χ1) is 15.8. The fraction of sp³-hybridized carbons (Fsp3) is 0.308. The number of aryl methyl sites for hydroxylation is 1. The van der Waals surface area contributed by atoms with Gasteiger partial charge < -0.3 is 15.0 Å². The van der Waals surface area contributed by atoms with Crippen LogP contribution in [0.1, 0.15) is 44.2 Å². The zero-order valence-electron chi connectivity index (χ0n) is 18.9. The second-order valence-corrected chi connectivity index (χ2v) is 9.64. The number of carbonyl (C=O) groups excluding carboxylic acids is 2. The Kier molecular flexibility index (Phi) is 5.20. The maximum Gasteiger partial charge on any atom is 0.259 e. The molecule has 6 nitrogen and oxygen atoms in total. The van der Waals surface area contributed by atoms with Crippen molar-refractivity contribution in [3.8, 4) is 5.75 Å². The number of benzene rings is 2. The highest BCUT2D eigenvalue weighted by molar-refractivity contribution is 6.32. The standard InChI is InChI=1S/C26H26ClN3O3/c1-14(2)9-10-29-12-17-23(16-7-8-22(32)18(27)11-16)25-20(13-30(15(3)31)26(25)33)28-19-5-4-6-21(29)24(17)19/h4-8,11-12,14,23,28,32H,9-10,13H2,1-3H3. The Morgan fingerprint density at radius 2 is 2.06 bits per heavy atom. The lowest BCUT2D eigenvalue weighted by Gasteiger charge is -2.20. The van der Waals surface area contributed by atoms with Gasteiger partial charge in [0.05, 0.1) is 22.7 Å². The van der Waals surface area contributed by atoms with Crippen LogP contribution >= 0.6 is 11.6 Å². The molecule has 2 N–H and O–H groups in total. The lowest BCUT2D eigenvalue weighted by atomic mass is 9.84. The number of halogens is 1. The number of aromatic nitrogens is 1. The summed E-state index contributed by atoms with van der Waals surface area (Å²) in [6.45, 7) is 6.88. The highest BCUT2D eigenvalue weighted by Crippen LogP contribution is 2.47. The number of anilines is 1. The van der Waals surface area contributed by atoms with E-state index in [4.69, 9.17) is 11.6 Å². The van der Waals surface area contributed by atoms with Crippen LogP contribution < -0.4 is 5.32 Å². The number of phenols is 1. The number of aromatic hydroxyl groups is 1. The molecule has 1 atom stereocenters. The number of nitrogens with one attached hydrogen (secondary N) is 1. The van der Waals surface area contributed by atoms with Gasteiger partial charge in [-0.2, -0.15) is 0 Å². The third kappa shape index (κ3) is 3.49. The highest BCUT2D eigenvalue weighted by atomic mass is 35.5. The normalized spacial score (nSPS) is 17.5. The van der Waals surface area contributed by atoms with Crippen LogP contribution in [0.3, 0.4) is 0 Å². The monoisotopic (exact) mass is 463 g/mol. The van der Waals surface area contributed by atoms with Crippen molar-refractivity contribution in [3.63, 3.8) is 0 Å². The molecule has 0 saturated heterocycles. The first kappa shape index (κ1) is 21.6. The molecular formula is C26H26ClN3O3. The molecule has 170 valence electrons. The summed E-state index contributed by atoms with van der Waals surface area (Å²) in [5.74, 6) is -0.458. The Morgan fingerprint density at radius 1 is 1.27 bits per heavy atom. The fourth-order valence-corrected chi connectivity index (χ4v) is 5.09. The number of amides is 2. The van der Waals surface area contributed by atoms with Gasteiger partial charge in [0.1, 0.15) is 5.75 Å². The van der Waals surface area contributed by atoms with Crippen molar-refractivity contribution >= 4 is 40.0 Å². The minimum atomic E-state index is -0.422. The molecule has 2 aromatic carbocycles. The summed E-state index contributed by atoms with van der Waals surface area (Å²) < 4.78 is 2.25. The van der Waals surface area contributed by atoms with Gasteiger partial charge in [0, 0.05) is 42.4 Å². The summed E-state index contributed by atoms with van der Waals surface area (Å²) >= 11 is 6.29. The van der Waals surface area contributed by atoms with Gasteiger partial charge in [-0.25, -0.2) is 0 Å². The van der Waals surface area contributed by atoms with Gasteiger partial charge in [-0.3, -0.25) is 14.5 Å². The maximum absolute atomic E-state index is 13.5. The second-order valence-electron chi connectivity index (χ2n) is 9.23. The topological polar surface area (TPSA) is 74.6 Å². The van der Waals surface area contributed by atoms with Crippen LogP contribution in [-0.2, 0) is 16.1 Å². The van der Waals surface area contributed by atoms with E-state index in [2.05, 4.69) is 36.0 Å². The Balaban J connectivity index is 1.76. The zero-order valence-corrected chi connectivity index (χ0v) is 19.6. The van der Waals surface area contributed by atoms with Crippen LogP contribution in [-0.4, -0.2) is 32.9 Å². The quantitative estimate of drug-likeness (QED) is 0.554. The number of carbonyl (C=O) groups is 2. The molecule has 3 aromatic rings.